The number of likely N-dealkylation sites (N-methyl/N-ethyl adjacent to an activating group) is 1. The van der Waals surface area contributed by atoms with E-state index in [4.69, 9.17) is 27.9 Å². The number of alkyl halides is 3. The van der Waals surface area contributed by atoms with Crippen LogP contribution in [0.15, 0.2) is 18.2 Å². The van der Waals surface area contributed by atoms with Gasteiger partial charge >= 0.3 is 6.18 Å². The van der Waals surface area contributed by atoms with E-state index >= 15 is 0 Å². The van der Waals surface area contributed by atoms with Crippen molar-refractivity contribution in [3.63, 3.8) is 0 Å². The predicted octanol–water partition coefficient (Wildman–Crippen LogP) is 5.95. The second kappa shape index (κ2) is 11.7. The number of nitrogens with zero attached hydrogens (tertiary/aromatic N) is 4. The number of halogens is 6. The topological polar surface area (TPSA) is 84.3 Å². The standard InChI is InChI=1S/C25H28Cl2F4N6O2/c1-36(2)8-9-39-23-16(22(38)32-15-6-4-13(5-7-15)25(29,30)31)12-19-21(35-23)37(3)24(33-19)34-20-17(26)10-14(28)11-18(20)27/h10-13,15H,4-9H2,1-3H3,(H,32,38)(H,33,34)/t13-,15-. The molecule has 1 aromatic carbocycles. The Morgan fingerprint density at radius 1 is 1.13 bits per heavy atom. The Hall–Kier alpha value is -2.83. The number of anilines is 2. The van der Waals surface area contributed by atoms with E-state index in [0.717, 1.165) is 12.1 Å². The molecule has 1 aliphatic rings. The zero-order chi connectivity index (χ0) is 28.5. The molecule has 14 heteroatoms. The highest BCUT2D eigenvalue weighted by molar-refractivity contribution is 6.39. The monoisotopic (exact) mass is 590 g/mol. The summed E-state index contributed by atoms with van der Waals surface area (Å²) in [6.07, 6.45) is -3.87. The predicted molar refractivity (Wildman–Crippen MR) is 142 cm³/mol. The highest BCUT2D eigenvalue weighted by Gasteiger charge is 2.41. The van der Waals surface area contributed by atoms with Crippen LogP contribution in [0.25, 0.3) is 11.2 Å². The summed E-state index contributed by atoms with van der Waals surface area (Å²) in [7, 11) is 5.42. The molecule has 2 heterocycles. The molecular formula is C25H28Cl2F4N6O2. The smallest absolute Gasteiger partial charge is 0.391 e. The number of carbonyl (C=O) groups is 1. The van der Waals surface area contributed by atoms with E-state index in [1.54, 1.807) is 11.6 Å². The first-order valence-corrected chi connectivity index (χ1v) is 13.0. The molecule has 0 saturated heterocycles. The van der Waals surface area contributed by atoms with E-state index in [2.05, 4.69) is 20.6 Å². The van der Waals surface area contributed by atoms with Gasteiger partial charge < -0.3 is 20.3 Å². The van der Waals surface area contributed by atoms with Crippen LogP contribution in [-0.2, 0) is 7.05 Å². The van der Waals surface area contributed by atoms with Crippen LogP contribution in [0.5, 0.6) is 5.88 Å². The number of carbonyl (C=O) groups excluding carboxylic acids is 1. The van der Waals surface area contributed by atoms with Gasteiger partial charge in [0.1, 0.15) is 23.5 Å². The number of imidazole rings is 1. The lowest BCUT2D eigenvalue weighted by molar-refractivity contribution is -0.182. The third-order valence-electron chi connectivity index (χ3n) is 6.60. The SMILES string of the molecule is CN(C)CCOc1nc2c(cc1C(=O)N[C@H]1CC[C@H](C(F)(F)F)CC1)nc(Nc1c(Cl)cc(F)cc1Cl)n2C. The Balaban J connectivity index is 1.62. The zero-order valence-electron chi connectivity index (χ0n) is 21.5. The minimum atomic E-state index is -4.23. The van der Waals surface area contributed by atoms with Gasteiger partial charge in [0.05, 0.1) is 21.7 Å². The molecule has 1 aliphatic carbocycles. The summed E-state index contributed by atoms with van der Waals surface area (Å²) in [5.74, 6) is -2.11. The molecule has 0 radical (unpaired) electrons. The average molecular weight is 591 g/mol. The minimum Gasteiger partial charge on any atom is -0.476 e. The van der Waals surface area contributed by atoms with Crippen molar-refractivity contribution in [2.45, 2.75) is 37.9 Å². The van der Waals surface area contributed by atoms with Crippen LogP contribution >= 0.6 is 23.2 Å². The summed E-state index contributed by atoms with van der Waals surface area (Å²) in [5, 5.41) is 5.91. The third-order valence-corrected chi connectivity index (χ3v) is 7.20. The lowest BCUT2D eigenvalue weighted by atomic mass is 9.85. The summed E-state index contributed by atoms with van der Waals surface area (Å²) in [6, 6.07) is 3.34. The molecule has 1 fully saturated rings. The van der Waals surface area contributed by atoms with E-state index < -0.39 is 29.9 Å². The number of amides is 1. The molecule has 0 atom stereocenters. The molecule has 0 spiro atoms. The summed E-state index contributed by atoms with van der Waals surface area (Å²) in [6.45, 7) is 0.800. The summed E-state index contributed by atoms with van der Waals surface area (Å²) in [5.41, 5.74) is 1.09. The lowest BCUT2D eigenvalue weighted by Gasteiger charge is -2.30. The van der Waals surface area contributed by atoms with Crippen LogP contribution < -0.4 is 15.4 Å². The highest BCUT2D eigenvalue weighted by Crippen LogP contribution is 2.38. The molecule has 2 N–H and O–H groups in total. The van der Waals surface area contributed by atoms with Crippen LogP contribution in [-0.4, -0.2) is 64.8 Å². The lowest BCUT2D eigenvalue weighted by Crippen LogP contribution is -2.40. The molecule has 1 saturated carbocycles. The quantitative estimate of drug-likeness (QED) is 0.315. The van der Waals surface area contributed by atoms with E-state index in [0.29, 0.717) is 17.7 Å². The molecular weight excluding hydrogens is 563 g/mol. The van der Waals surface area contributed by atoms with Crippen LogP contribution in [0, 0.1) is 11.7 Å². The maximum atomic E-state index is 13.6. The number of nitrogens with one attached hydrogen (secondary N) is 2. The number of aromatic nitrogens is 3. The molecule has 4 rings (SSSR count). The van der Waals surface area contributed by atoms with Crippen LogP contribution in [0.4, 0.5) is 29.2 Å². The van der Waals surface area contributed by atoms with E-state index in [-0.39, 0.29) is 65.4 Å². The van der Waals surface area contributed by atoms with Crippen LogP contribution in [0.1, 0.15) is 36.0 Å². The molecule has 0 unspecified atom stereocenters. The molecule has 212 valence electrons. The molecule has 39 heavy (non-hydrogen) atoms. The maximum absolute atomic E-state index is 13.6. The van der Waals surface area contributed by atoms with Gasteiger partial charge in [-0.3, -0.25) is 9.36 Å². The second-order valence-electron chi connectivity index (χ2n) is 9.76. The first kappa shape index (κ1) is 29.2. The van der Waals surface area contributed by atoms with Crippen molar-refractivity contribution in [3.8, 4) is 5.88 Å². The van der Waals surface area contributed by atoms with Crippen molar-refractivity contribution in [2.75, 3.05) is 32.6 Å². The number of hydrogen-bond donors (Lipinski definition) is 2. The van der Waals surface area contributed by atoms with E-state index in [9.17, 15) is 22.4 Å². The van der Waals surface area contributed by atoms with Crippen molar-refractivity contribution in [1.82, 2.24) is 24.8 Å². The molecule has 0 aliphatic heterocycles. The van der Waals surface area contributed by atoms with Gasteiger partial charge in [0.15, 0.2) is 5.65 Å². The number of pyridine rings is 1. The van der Waals surface area contributed by atoms with Gasteiger partial charge in [-0.25, -0.2) is 9.37 Å². The first-order valence-electron chi connectivity index (χ1n) is 12.3. The third kappa shape index (κ3) is 6.85. The molecule has 3 aromatic rings. The Morgan fingerprint density at radius 2 is 1.77 bits per heavy atom. The fraction of sp³-hybridized carbons (Fsp3) is 0.480. The van der Waals surface area contributed by atoms with Gasteiger partial charge in [-0.05, 0) is 58.0 Å². The number of aryl methyl sites for hydroxylation is 1. The van der Waals surface area contributed by atoms with Crippen molar-refractivity contribution in [1.29, 1.82) is 0 Å². The van der Waals surface area contributed by atoms with Gasteiger partial charge in [-0.2, -0.15) is 18.2 Å². The van der Waals surface area contributed by atoms with Gasteiger partial charge in [-0.1, -0.05) is 23.2 Å². The summed E-state index contributed by atoms with van der Waals surface area (Å²) >= 11 is 12.3. The van der Waals surface area contributed by atoms with Crippen molar-refractivity contribution < 1.29 is 27.1 Å². The Bertz CT molecular complexity index is 1330. The van der Waals surface area contributed by atoms with Crippen LogP contribution in [0.3, 0.4) is 0 Å². The zero-order valence-corrected chi connectivity index (χ0v) is 23.0. The number of hydrogen-bond acceptors (Lipinski definition) is 6. The number of rotatable bonds is 8. The minimum absolute atomic E-state index is 0.0400. The average Bonchev–Trinajstić information content (AvgIpc) is 3.14. The molecule has 1 amide bonds. The van der Waals surface area contributed by atoms with Crippen molar-refractivity contribution in [3.05, 3.63) is 39.6 Å². The number of benzene rings is 1. The molecule has 8 nitrogen and oxygen atoms in total. The maximum Gasteiger partial charge on any atom is 0.391 e. The Labute approximate surface area is 232 Å². The van der Waals surface area contributed by atoms with Crippen LogP contribution in [0.2, 0.25) is 10.0 Å². The first-order chi connectivity index (χ1) is 18.3. The molecule has 2 aromatic heterocycles. The highest BCUT2D eigenvalue weighted by atomic mass is 35.5. The van der Waals surface area contributed by atoms with Crippen molar-refractivity contribution >= 4 is 51.9 Å². The van der Waals surface area contributed by atoms with Gasteiger partial charge in [0, 0.05) is 19.6 Å². The van der Waals surface area contributed by atoms with Crippen molar-refractivity contribution in [2.24, 2.45) is 13.0 Å². The van der Waals surface area contributed by atoms with E-state index in [1.807, 2.05) is 19.0 Å². The number of fused-ring (bicyclic) bond motifs is 1. The summed E-state index contributed by atoms with van der Waals surface area (Å²) < 4.78 is 60.2. The van der Waals surface area contributed by atoms with E-state index in [1.165, 1.54) is 6.07 Å². The number of ether oxygens (including phenoxy) is 1. The molecule has 0 bridgehead atoms. The van der Waals surface area contributed by atoms with Gasteiger partial charge in [-0.15, -0.1) is 0 Å². The summed E-state index contributed by atoms with van der Waals surface area (Å²) in [4.78, 5) is 24.2. The second-order valence-corrected chi connectivity index (χ2v) is 10.6. The Morgan fingerprint density at radius 3 is 2.36 bits per heavy atom. The fourth-order valence-corrected chi connectivity index (χ4v) is 4.96. The largest absolute Gasteiger partial charge is 0.476 e. The normalized spacial score (nSPS) is 18.0. The fourth-order valence-electron chi connectivity index (χ4n) is 4.41. The van der Waals surface area contributed by atoms with Gasteiger partial charge in [0.25, 0.3) is 5.91 Å². The Kier molecular flexibility index (Phi) is 8.77. The van der Waals surface area contributed by atoms with Gasteiger partial charge in [0.2, 0.25) is 11.8 Å².